The van der Waals surface area contributed by atoms with E-state index in [2.05, 4.69) is 10.6 Å². The van der Waals surface area contributed by atoms with Crippen molar-refractivity contribution < 1.29 is 9.90 Å². The van der Waals surface area contributed by atoms with Crippen LogP contribution in [0.3, 0.4) is 0 Å². The van der Waals surface area contributed by atoms with Crippen LogP contribution in [0.4, 0.5) is 0 Å². The van der Waals surface area contributed by atoms with Crippen LogP contribution in [0.25, 0.3) is 0 Å². The second-order valence-electron chi connectivity index (χ2n) is 4.84. The summed E-state index contributed by atoms with van der Waals surface area (Å²) in [4.78, 5) is 11.8. The molecule has 1 atom stereocenters. The maximum Gasteiger partial charge on any atom is 0.251 e. The predicted octanol–water partition coefficient (Wildman–Crippen LogP) is 1.57. The van der Waals surface area contributed by atoms with E-state index in [1.165, 1.54) is 18.9 Å². The van der Waals surface area contributed by atoms with Gasteiger partial charge in [0.15, 0.2) is 0 Å². The molecule has 1 amide bonds. The minimum atomic E-state index is -0.122. The van der Waals surface area contributed by atoms with E-state index in [4.69, 9.17) is 0 Å². The van der Waals surface area contributed by atoms with Crippen molar-refractivity contribution in [3.05, 3.63) is 29.3 Å². The van der Waals surface area contributed by atoms with E-state index >= 15 is 0 Å². The fourth-order valence-electron chi connectivity index (χ4n) is 2.22. The van der Waals surface area contributed by atoms with E-state index < -0.39 is 0 Å². The Morgan fingerprint density at radius 3 is 3.06 bits per heavy atom. The molecular formula is C14H20N2O2. The summed E-state index contributed by atoms with van der Waals surface area (Å²) in [5, 5.41) is 15.8. The lowest BCUT2D eigenvalue weighted by atomic mass is 10.1. The van der Waals surface area contributed by atoms with Crippen LogP contribution in [-0.4, -0.2) is 30.1 Å². The number of aromatic hydroxyl groups is 1. The zero-order chi connectivity index (χ0) is 13.0. The van der Waals surface area contributed by atoms with Gasteiger partial charge in [-0.3, -0.25) is 4.79 Å². The average molecular weight is 248 g/mol. The molecule has 4 nitrogen and oxygen atoms in total. The Morgan fingerprint density at radius 2 is 2.39 bits per heavy atom. The van der Waals surface area contributed by atoms with Gasteiger partial charge in [-0.1, -0.05) is 6.07 Å². The van der Waals surface area contributed by atoms with Gasteiger partial charge in [-0.2, -0.15) is 0 Å². The summed E-state index contributed by atoms with van der Waals surface area (Å²) in [5.41, 5.74) is 1.29. The highest BCUT2D eigenvalue weighted by molar-refractivity contribution is 5.94. The summed E-state index contributed by atoms with van der Waals surface area (Å²) in [6.07, 6.45) is 3.38. The zero-order valence-electron chi connectivity index (χ0n) is 10.7. The molecule has 1 aliphatic rings. The molecule has 1 saturated heterocycles. The van der Waals surface area contributed by atoms with Crippen molar-refractivity contribution in [2.75, 3.05) is 13.1 Å². The van der Waals surface area contributed by atoms with Crippen LogP contribution in [-0.2, 0) is 0 Å². The number of carbonyl (C=O) groups is 1. The molecule has 4 heteroatoms. The summed E-state index contributed by atoms with van der Waals surface area (Å²) in [6, 6.07) is 5.54. The van der Waals surface area contributed by atoms with Gasteiger partial charge >= 0.3 is 0 Å². The first-order valence-electron chi connectivity index (χ1n) is 6.48. The third-order valence-corrected chi connectivity index (χ3v) is 3.41. The summed E-state index contributed by atoms with van der Waals surface area (Å²) >= 11 is 0. The van der Waals surface area contributed by atoms with Gasteiger partial charge in [-0.05, 0) is 50.4 Å². The minimum Gasteiger partial charge on any atom is -0.508 e. The minimum absolute atomic E-state index is 0.122. The Hall–Kier alpha value is -1.55. The monoisotopic (exact) mass is 248 g/mol. The SMILES string of the molecule is Cc1ccc(C(=O)NCC[C@@H]2CCCN2)cc1O. The zero-order valence-corrected chi connectivity index (χ0v) is 10.7. The largest absolute Gasteiger partial charge is 0.508 e. The van der Waals surface area contributed by atoms with Crippen LogP contribution < -0.4 is 10.6 Å². The topological polar surface area (TPSA) is 61.4 Å². The number of carbonyl (C=O) groups excluding carboxylic acids is 1. The first-order chi connectivity index (χ1) is 8.66. The number of phenolic OH excluding ortho intramolecular Hbond substituents is 1. The van der Waals surface area contributed by atoms with Gasteiger partial charge in [0.25, 0.3) is 5.91 Å². The van der Waals surface area contributed by atoms with Gasteiger partial charge in [0.1, 0.15) is 5.75 Å². The number of aryl methyl sites for hydroxylation is 1. The van der Waals surface area contributed by atoms with Gasteiger partial charge in [0.05, 0.1) is 0 Å². The van der Waals surface area contributed by atoms with E-state index in [9.17, 15) is 9.90 Å². The van der Waals surface area contributed by atoms with Crippen LogP contribution in [0, 0.1) is 6.92 Å². The lowest BCUT2D eigenvalue weighted by Crippen LogP contribution is -2.30. The summed E-state index contributed by atoms with van der Waals surface area (Å²) in [5.74, 6) is 0.0448. The Labute approximate surface area is 107 Å². The highest BCUT2D eigenvalue weighted by Gasteiger charge is 2.14. The predicted molar refractivity (Wildman–Crippen MR) is 70.8 cm³/mol. The standard InChI is InChI=1S/C14H20N2O2/c1-10-4-5-11(9-13(10)17)14(18)16-8-6-12-3-2-7-15-12/h4-5,9,12,15,17H,2-3,6-8H2,1H3,(H,16,18)/t12-/m0/s1. The first-order valence-corrected chi connectivity index (χ1v) is 6.48. The second-order valence-corrected chi connectivity index (χ2v) is 4.84. The Kier molecular flexibility index (Phi) is 4.20. The van der Waals surface area contributed by atoms with Gasteiger partial charge in [-0.15, -0.1) is 0 Å². The molecule has 1 aromatic carbocycles. The first kappa shape index (κ1) is 12.9. The number of rotatable bonds is 4. The van der Waals surface area contributed by atoms with Crippen molar-refractivity contribution in [1.29, 1.82) is 0 Å². The number of nitrogens with one attached hydrogen (secondary N) is 2. The smallest absolute Gasteiger partial charge is 0.251 e. The molecule has 1 heterocycles. The normalized spacial score (nSPS) is 18.8. The quantitative estimate of drug-likeness (QED) is 0.758. The van der Waals surface area contributed by atoms with Crippen molar-refractivity contribution in [3.63, 3.8) is 0 Å². The summed E-state index contributed by atoms with van der Waals surface area (Å²) < 4.78 is 0. The maximum absolute atomic E-state index is 11.8. The molecule has 1 fully saturated rings. The van der Waals surface area contributed by atoms with Crippen LogP contribution in [0.5, 0.6) is 5.75 Å². The highest BCUT2D eigenvalue weighted by Crippen LogP contribution is 2.17. The molecular weight excluding hydrogens is 228 g/mol. The molecule has 0 aliphatic carbocycles. The lowest BCUT2D eigenvalue weighted by molar-refractivity contribution is 0.0952. The Morgan fingerprint density at radius 1 is 1.56 bits per heavy atom. The Balaban J connectivity index is 1.81. The molecule has 0 radical (unpaired) electrons. The van der Waals surface area contributed by atoms with Crippen LogP contribution in [0.1, 0.15) is 35.2 Å². The fourth-order valence-corrected chi connectivity index (χ4v) is 2.22. The van der Waals surface area contributed by atoms with E-state index in [-0.39, 0.29) is 11.7 Å². The maximum atomic E-state index is 11.8. The van der Waals surface area contributed by atoms with Crippen molar-refractivity contribution >= 4 is 5.91 Å². The van der Waals surface area contributed by atoms with Crippen molar-refractivity contribution in [2.24, 2.45) is 0 Å². The lowest BCUT2D eigenvalue weighted by Gasteiger charge is -2.11. The molecule has 18 heavy (non-hydrogen) atoms. The third-order valence-electron chi connectivity index (χ3n) is 3.41. The van der Waals surface area contributed by atoms with Crippen LogP contribution in [0.2, 0.25) is 0 Å². The number of benzene rings is 1. The molecule has 0 saturated carbocycles. The highest BCUT2D eigenvalue weighted by atomic mass is 16.3. The van der Waals surface area contributed by atoms with Crippen molar-refractivity contribution in [3.8, 4) is 5.75 Å². The molecule has 2 rings (SSSR count). The van der Waals surface area contributed by atoms with E-state index in [0.717, 1.165) is 18.5 Å². The van der Waals surface area contributed by atoms with E-state index in [1.807, 2.05) is 6.92 Å². The van der Waals surface area contributed by atoms with E-state index in [1.54, 1.807) is 12.1 Å². The molecule has 1 aromatic rings. The number of hydrogen-bond acceptors (Lipinski definition) is 3. The summed E-state index contributed by atoms with van der Waals surface area (Å²) in [7, 11) is 0. The summed E-state index contributed by atoms with van der Waals surface area (Å²) in [6.45, 7) is 3.57. The van der Waals surface area contributed by atoms with Gasteiger partial charge in [0.2, 0.25) is 0 Å². The molecule has 98 valence electrons. The molecule has 1 aliphatic heterocycles. The van der Waals surface area contributed by atoms with Gasteiger partial charge in [-0.25, -0.2) is 0 Å². The second kappa shape index (κ2) is 5.87. The number of hydrogen-bond donors (Lipinski definition) is 3. The fraction of sp³-hybridized carbons (Fsp3) is 0.500. The number of amides is 1. The Bertz CT molecular complexity index is 426. The van der Waals surface area contributed by atoms with Gasteiger partial charge < -0.3 is 15.7 Å². The molecule has 0 spiro atoms. The van der Waals surface area contributed by atoms with Gasteiger partial charge in [0, 0.05) is 18.2 Å². The third kappa shape index (κ3) is 3.23. The molecule has 0 aromatic heterocycles. The van der Waals surface area contributed by atoms with Crippen molar-refractivity contribution in [1.82, 2.24) is 10.6 Å². The van der Waals surface area contributed by atoms with E-state index in [0.29, 0.717) is 18.2 Å². The average Bonchev–Trinajstić information content (AvgIpc) is 2.85. The number of phenols is 1. The molecule has 0 unspecified atom stereocenters. The molecule has 0 bridgehead atoms. The van der Waals surface area contributed by atoms with Crippen LogP contribution >= 0.6 is 0 Å². The molecule has 3 N–H and O–H groups in total. The van der Waals surface area contributed by atoms with Crippen LogP contribution in [0.15, 0.2) is 18.2 Å². The van der Waals surface area contributed by atoms with Crippen molar-refractivity contribution in [2.45, 2.75) is 32.2 Å².